The molecule has 9 heteroatoms. The number of alkyl halides is 6. The lowest BCUT2D eigenvalue weighted by molar-refractivity contribution is -0.143. The summed E-state index contributed by atoms with van der Waals surface area (Å²) >= 11 is 0. The number of hydrogen-bond donors (Lipinski definition) is 1. The average Bonchev–Trinajstić information content (AvgIpc) is 2.59. The first-order valence-electron chi connectivity index (χ1n) is 8.27. The molecule has 0 aromatic heterocycles. The van der Waals surface area contributed by atoms with Gasteiger partial charge < -0.3 is 5.73 Å². The third-order valence-corrected chi connectivity index (χ3v) is 4.62. The van der Waals surface area contributed by atoms with E-state index in [1.807, 2.05) is 0 Å². The third-order valence-electron chi connectivity index (χ3n) is 4.62. The van der Waals surface area contributed by atoms with Crippen molar-refractivity contribution in [3.8, 4) is 0 Å². The first-order chi connectivity index (χ1) is 13.0. The standard InChI is InChI=1S/C19H15F6N2O/c20-18(21,22)13-7-11(8-14(9-13)19(23,24)25)10-27-6-5-12-3-1-2-4-15(12)16(27)17(26)28/h2-4,7-9,16H,5-6,10H2,(H2,26,28). The fourth-order valence-electron chi connectivity index (χ4n) is 3.40. The Kier molecular flexibility index (Phi) is 5.14. The quantitative estimate of drug-likeness (QED) is 0.787. The third kappa shape index (κ3) is 4.14. The van der Waals surface area contributed by atoms with E-state index in [4.69, 9.17) is 5.73 Å². The van der Waals surface area contributed by atoms with Crippen LogP contribution >= 0.6 is 0 Å². The van der Waals surface area contributed by atoms with Crippen molar-refractivity contribution in [2.24, 2.45) is 5.73 Å². The van der Waals surface area contributed by atoms with Gasteiger partial charge in [-0.05, 0) is 47.4 Å². The molecule has 1 amide bonds. The second kappa shape index (κ2) is 7.12. The molecule has 28 heavy (non-hydrogen) atoms. The highest BCUT2D eigenvalue weighted by atomic mass is 19.4. The van der Waals surface area contributed by atoms with Gasteiger partial charge in [0.2, 0.25) is 5.91 Å². The van der Waals surface area contributed by atoms with E-state index in [9.17, 15) is 31.1 Å². The molecule has 1 heterocycles. The number of amides is 1. The van der Waals surface area contributed by atoms with E-state index >= 15 is 0 Å². The van der Waals surface area contributed by atoms with Gasteiger partial charge in [-0.15, -0.1) is 0 Å². The topological polar surface area (TPSA) is 46.3 Å². The van der Waals surface area contributed by atoms with Crippen LogP contribution in [0.4, 0.5) is 26.3 Å². The summed E-state index contributed by atoms with van der Waals surface area (Å²) in [4.78, 5) is 13.5. The minimum absolute atomic E-state index is 0.0798. The normalized spacial score (nSPS) is 18.0. The average molecular weight is 401 g/mol. The number of benzene rings is 2. The van der Waals surface area contributed by atoms with Crippen molar-refractivity contribution in [3.05, 3.63) is 70.3 Å². The van der Waals surface area contributed by atoms with Gasteiger partial charge in [-0.25, -0.2) is 0 Å². The van der Waals surface area contributed by atoms with Crippen LogP contribution in [0.3, 0.4) is 0 Å². The number of halogens is 6. The van der Waals surface area contributed by atoms with Crippen LogP contribution in [0, 0.1) is 6.07 Å². The Hall–Kier alpha value is -2.55. The fourth-order valence-corrected chi connectivity index (χ4v) is 3.40. The van der Waals surface area contributed by atoms with Gasteiger partial charge in [0.25, 0.3) is 0 Å². The van der Waals surface area contributed by atoms with Crippen molar-refractivity contribution in [1.82, 2.24) is 4.90 Å². The Bertz CT molecular complexity index is 858. The predicted molar refractivity (Wildman–Crippen MR) is 87.8 cm³/mol. The zero-order valence-electron chi connectivity index (χ0n) is 14.4. The molecule has 0 saturated carbocycles. The Morgan fingerprint density at radius 3 is 2.25 bits per heavy atom. The highest BCUT2D eigenvalue weighted by Gasteiger charge is 2.38. The van der Waals surface area contributed by atoms with E-state index in [0.29, 0.717) is 24.1 Å². The van der Waals surface area contributed by atoms with Crippen LogP contribution in [0.2, 0.25) is 0 Å². The van der Waals surface area contributed by atoms with Gasteiger partial charge in [0, 0.05) is 13.1 Å². The monoisotopic (exact) mass is 401 g/mol. The molecule has 3 nitrogen and oxygen atoms in total. The first-order valence-corrected chi connectivity index (χ1v) is 8.27. The van der Waals surface area contributed by atoms with Gasteiger partial charge in [0.05, 0.1) is 11.1 Å². The molecule has 0 saturated heterocycles. The Morgan fingerprint density at radius 1 is 1.11 bits per heavy atom. The Morgan fingerprint density at radius 2 is 1.71 bits per heavy atom. The summed E-state index contributed by atoms with van der Waals surface area (Å²) in [5.74, 6) is -0.727. The molecule has 0 aliphatic carbocycles. The zero-order chi connectivity index (χ0) is 20.7. The molecular formula is C19H15F6N2O. The molecular weight excluding hydrogens is 386 g/mol. The van der Waals surface area contributed by atoms with Crippen molar-refractivity contribution < 1.29 is 31.1 Å². The van der Waals surface area contributed by atoms with Gasteiger partial charge in [0.1, 0.15) is 6.04 Å². The number of nitrogens with two attached hydrogens (primary N) is 1. The van der Waals surface area contributed by atoms with E-state index in [0.717, 1.165) is 5.56 Å². The summed E-state index contributed by atoms with van der Waals surface area (Å²) < 4.78 is 78.3. The summed E-state index contributed by atoms with van der Waals surface area (Å²) in [6, 6.07) is 8.24. The van der Waals surface area contributed by atoms with Crippen LogP contribution in [0.5, 0.6) is 0 Å². The lowest BCUT2D eigenvalue weighted by atomic mass is 9.91. The van der Waals surface area contributed by atoms with Gasteiger partial charge in [-0.2, -0.15) is 26.3 Å². The molecule has 149 valence electrons. The molecule has 1 aliphatic heterocycles. The molecule has 1 atom stereocenters. The van der Waals surface area contributed by atoms with Gasteiger partial charge >= 0.3 is 12.4 Å². The van der Waals surface area contributed by atoms with Crippen molar-refractivity contribution in [2.75, 3.05) is 6.54 Å². The fraction of sp³-hybridized carbons (Fsp3) is 0.316. The van der Waals surface area contributed by atoms with Crippen LogP contribution in [0.25, 0.3) is 0 Å². The molecule has 2 aromatic carbocycles. The second-order valence-corrected chi connectivity index (χ2v) is 6.56. The van der Waals surface area contributed by atoms with Crippen LogP contribution in [0.15, 0.2) is 36.4 Å². The van der Waals surface area contributed by atoms with Crippen molar-refractivity contribution in [2.45, 2.75) is 31.4 Å². The number of primary amides is 1. The van der Waals surface area contributed by atoms with Crippen molar-refractivity contribution in [3.63, 3.8) is 0 Å². The number of rotatable bonds is 3. The number of carbonyl (C=O) groups excluding carboxylic acids is 1. The summed E-state index contributed by atoms with van der Waals surface area (Å²) in [6.07, 6.45) is -9.38. The predicted octanol–water partition coefficient (Wildman–Crippen LogP) is 4.11. The minimum atomic E-state index is -4.93. The molecule has 1 radical (unpaired) electrons. The number of fused-ring (bicyclic) bond motifs is 1. The van der Waals surface area contributed by atoms with Crippen molar-refractivity contribution in [1.29, 1.82) is 0 Å². The smallest absolute Gasteiger partial charge is 0.368 e. The van der Waals surface area contributed by atoms with E-state index < -0.39 is 35.4 Å². The molecule has 2 aromatic rings. The maximum atomic E-state index is 13.1. The van der Waals surface area contributed by atoms with Gasteiger partial charge in [-0.3, -0.25) is 9.69 Å². The summed E-state index contributed by atoms with van der Waals surface area (Å²) in [5.41, 5.74) is 3.91. The molecule has 3 rings (SSSR count). The van der Waals surface area contributed by atoms with Crippen LogP contribution in [-0.4, -0.2) is 17.4 Å². The maximum Gasteiger partial charge on any atom is 0.416 e. The van der Waals surface area contributed by atoms with Crippen LogP contribution < -0.4 is 5.73 Å². The summed E-state index contributed by atoms with van der Waals surface area (Å²) in [5, 5.41) is 0. The SMILES string of the molecule is NC(=O)C1c2cc[c]cc2CCN1Cc1cc(C(F)(F)F)cc(C(F)(F)F)c1. The highest BCUT2D eigenvalue weighted by Crippen LogP contribution is 2.37. The Balaban J connectivity index is 2.00. The van der Waals surface area contributed by atoms with E-state index in [2.05, 4.69) is 6.07 Å². The highest BCUT2D eigenvalue weighted by molar-refractivity contribution is 5.82. The Labute approximate surface area is 156 Å². The number of hydrogen-bond acceptors (Lipinski definition) is 2. The molecule has 1 aliphatic rings. The largest absolute Gasteiger partial charge is 0.416 e. The van der Waals surface area contributed by atoms with Crippen molar-refractivity contribution >= 4 is 5.91 Å². The molecule has 1 unspecified atom stereocenters. The van der Waals surface area contributed by atoms with Crippen LogP contribution in [-0.2, 0) is 30.1 Å². The van der Waals surface area contributed by atoms with E-state index in [-0.39, 0.29) is 24.7 Å². The zero-order valence-corrected chi connectivity index (χ0v) is 14.4. The first kappa shape index (κ1) is 20.2. The number of carbonyl (C=O) groups is 1. The summed E-state index contributed by atoms with van der Waals surface area (Å²) in [7, 11) is 0. The van der Waals surface area contributed by atoms with E-state index in [1.165, 1.54) is 4.90 Å². The molecule has 0 spiro atoms. The number of nitrogens with zero attached hydrogens (tertiary/aromatic N) is 1. The second-order valence-electron chi connectivity index (χ2n) is 6.56. The van der Waals surface area contributed by atoms with Gasteiger partial charge in [0.15, 0.2) is 0 Å². The van der Waals surface area contributed by atoms with Gasteiger partial charge in [-0.1, -0.05) is 18.2 Å². The minimum Gasteiger partial charge on any atom is -0.368 e. The van der Waals surface area contributed by atoms with E-state index in [1.54, 1.807) is 18.2 Å². The summed E-state index contributed by atoms with van der Waals surface area (Å²) in [6.45, 7) is -0.0191. The molecule has 0 fully saturated rings. The lowest BCUT2D eigenvalue weighted by Crippen LogP contribution is -2.42. The van der Waals surface area contributed by atoms with Crippen LogP contribution in [0.1, 0.15) is 33.9 Å². The molecule has 2 N–H and O–H groups in total. The molecule has 0 bridgehead atoms. The maximum absolute atomic E-state index is 13.1. The lowest BCUT2D eigenvalue weighted by Gasteiger charge is -2.35.